The third-order valence-corrected chi connectivity index (χ3v) is 2.62. The van der Waals surface area contributed by atoms with Crippen LogP contribution in [0.25, 0.3) is 0 Å². The molecule has 0 spiro atoms. The Bertz CT molecular complexity index is 204. The quantitative estimate of drug-likeness (QED) is 0.577. The van der Waals surface area contributed by atoms with Crippen LogP contribution >= 0.6 is 0 Å². The molecule has 2 rings (SSSR count). The summed E-state index contributed by atoms with van der Waals surface area (Å²) in [6.07, 6.45) is 3.46. The van der Waals surface area contributed by atoms with Crippen LogP contribution in [-0.2, 0) is 0 Å². The van der Waals surface area contributed by atoms with Crippen LogP contribution in [0, 0.1) is 11.3 Å². The minimum Gasteiger partial charge on any atom is -0.312 e. The van der Waals surface area contributed by atoms with E-state index in [9.17, 15) is 0 Å². The highest BCUT2D eigenvalue weighted by Gasteiger charge is 2.40. The highest BCUT2D eigenvalue weighted by molar-refractivity contribution is 5.12. The van der Waals surface area contributed by atoms with E-state index < -0.39 is 5.54 Å². The molecule has 60 valence electrons. The molecule has 0 radical (unpaired) electrons. The van der Waals surface area contributed by atoms with Crippen molar-refractivity contribution in [2.75, 3.05) is 13.1 Å². The topological polar surface area (TPSA) is 53.1 Å². The van der Waals surface area contributed by atoms with Crippen LogP contribution in [0.2, 0.25) is 0 Å². The van der Waals surface area contributed by atoms with Crippen molar-refractivity contribution in [3.63, 3.8) is 0 Å². The molecule has 2 aliphatic rings. The molecular formula is C8H13N3. The van der Waals surface area contributed by atoms with Crippen molar-refractivity contribution >= 4 is 0 Å². The van der Waals surface area contributed by atoms with E-state index in [0.29, 0.717) is 0 Å². The SMILES string of the molecule is N#CC1(N)CCN(C2CC2)C1. The first kappa shape index (κ1) is 7.08. The number of hydrogen-bond donors (Lipinski definition) is 1. The number of likely N-dealkylation sites (tertiary alicyclic amines) is 1. The maximum Gasteiger partial charge on any atom is 0.118 e. The molecule has 1 aliphatic heterocycles. The molecular weight excluding hydrogens is 138 g/mol. The van der Waals surface area contributed by atoms with Gasteiger partial charge in [0.05, 0.1) is 6.07 Å². The minimum absolute atomic E-state index is 0.539. The molecule has 3 nitrogen and oxygen atoms in total. The third kappa shape index (κ3) is 1.24. The number of nitriles is 1. The fraction of sp³-hybridized carbons (Fsp3) is 0.875. The van der Waals surface area contributed by atoms with Crippen LogP contribution in [0.5, 0.6) is 0 Å². The summed E-state index contributed by atoms with van der Waals surface area (Å²) in [6, 6.07) is 2.95. The Kier molecular flexibility index (Phi) is 1.41. The lowest BCUT2D eigenvalue weighted by Gasteiger charge is -2.16. The second-order valence-electron chi connectivity index (χ2n) is 3.72. The van der Waals surface area contributed by atoms with Crippen LogP contribution in [0.1, 0.15) is 19.3 Å². The molecule has 0 amide bonds. The normalized spacial score (nSPS) is 38.9. The summed E-state index contributed by atoms with van der Waals surface area (Å²) in [5, 5.41) is 8.74. The van der Waals surface area contributed by atoms with Gasteiger partial charge in [-0.05, 0) is 19.3 Å². The molecule has 1 heterocycles. The average Bonchev–Trinajstić information content (AvgIpc) is 2.77. The Morgan fingerprint density at radius 1 is 1.55 bits per heavy atom. The van der Waals surface area contributed by atoms with Crippen LogP contribution < -0.4 is 5.73 Å². The van der Waals surface area contributed by atoms with Gasteiger partial charge in [-0.3, -0.25) is 4.90 Å². The highest BCUT2D eigenvalue weighted by Crippen LogP contribution is 2.32. The summed E-state index contributed by atoms with van der Waals surface area (Å²) >= 11 is 0. The molecule has 1 aliphatic carbocycles. The molecule has 1 atom stereocenters. The molecule has 1 saturated heterocycles. The summed E-state index contributed by atoms with van der Waals surface area (Å²) in [5.41, 5.74) is 5.27. The number of rotatable bonds is 1. The molecule has 2 N–H and O–H groups in total. The van der Waals surface area contributed by atoms with E-state index in [1.807, 2.05) is 0 Å². The van der Waals surface area contributed by atoms with Crippen molar-refractivity contribution in [1.29, 1.82) is 5.26 Å². The van der Waals surface area contributed by atoms with Gasteiger partial charge in [0.15, 0.2) is 0 Å². The van der Waals surface area contributed by atoms with Crippen LogP contribution in [-0.4, -0.2) is 29.6 Å². The smallest absolute Gasteiger partial charge is 0.118 e. The maximum atomic E-state index is 8.74. The summed E-state index contributed by atoms with van der Waals surface area (Å²) in [7, 11) is 0. The van der Waals surface area contributed by atoms with E-state index >= 15 is 0 Å². The van der Waals surface area contributed by atoms with Crippen LogP contribution in [0.3, 0.4) is 0 Å². The van der Waals surface area contributed by atoms with E-state index in [0.717, 1.165) is 25.6 Å². The largest absolute Gasteiger partial charge is 0.312 e. The van der Waals surface area contributed by atoms with Crippen molar-refractivity contribution < 1.29 is 0 Å². The number of nitrogens with zero attached hydrogens (tertiary/aromatic N) is 2. The van der Waals surface area contributed by atoms with E-state index in [1.165, 1.54) is 12.8 Å². The molecule has 1 saturated carbocycles. The lowest BCUT2D eigenvalue weighted by atomic mass is 10.0. The molecule has 0 aromatic rings. The van der Waals surface area contributed by atoms with Crippen LogP contribution in [0.4, 0.5) is 0 Å². The number of hydrogen-bond acceptors (Lipinski definition) is 3. The van der Waals surface area contributed by atoms with Crippen molar-refractivity contribution in [3.8, 4) is 6.07 Å². The fourth-order valence-corrected chi connectivity index (χ4v) is 1.71. The molecule has 1 unspecified atom stereocenters. The van der Waals surface area contributed by atoms with Gasteiger partial charge in [-0.25, -0.2) is 0 Å². The predicted octanol–water partition coefficient (Wildman–Crippen LogP) is 0.0756. The lowest BCUT2D eigenvalue weighted by molar-refractivity contribution is 0.315. The Morgan fingerprint density at radius 3 is 2.73 bits per heavy atom. The van der Waals surface area contributed by atoms with Gasteiger partial charge in [0.2, 0.25) is 0 Å². The van der Waals surface area contributed by atoms with Gasteiger partial charge in [0.25, 0.3) is 0 Å². The fourth-order valence-electron chi connectivity index (χ4n) is 1.71. The van der Waals surface area contributed by atoms with Gasteiger partial charge < -0.3 is 5.73 Å². The van der Waals surface area contributed by atoms with Crippen molar-refractivity contribution in [2.45, 2.75) is 30.8 Å². The average molecular weight is 151 g/mol. The van der Waals surface area contributed by atoms with Crippen molar-refractivity contribution in [2.24, 2.45) is 5.73 Å². The minimum atomic E-state index is -0.539. The van der Waals surface area contributed by atoms with Gasteiger partial charge in [0.1, 0.15) is 5.54 Å². The van der Waals surface area contributed by atoms with E-state index in [2.05, 4.69) is 11.0 Å². The van der Waals surface area contributed by atoms with E-state index in [-0.39, 0.29) is 0 Å². The molecule has 2 fully saturated rings. The molecule has 0 aromatic heterocycles. The predicted molar refractivity (Wildman–Crippen MR) is 41.7 cm³/mol. The Hall–Kier alpha value is -0.590. The molecule has 0 bridgehead atoms. The van der Waals surface area contributed by atoms with Gasteiger partial charge in [0, 0.05) is 19.1 Å². The second-order valence-corrected chi connectivity index (χ2v) is 3.72. The van der Waals surface area contributed by atoms with Gasteiger partial charge in [-0.1, -0.05) is 0 Å². The first-order chi connectivity index (χ1) is 5.23. The zero-order chi connectivity index (χ0) is 7.90. The molecule has 0 aromatic carbocycles. The Balaban J connectivity index is 1.98. The van der Waals surface area contributed by atoms with Crippen LogP contribution in [0.15, 0.2) is 0 Å². The summed E-state index contributed by atoms with van der Waals surface area (Å²) in [4.78, 5) is 2.35. The van der Waals surface area contributed by atoms with E-state index in [1.54, 1.807) is 0 Å². The molecule has 11 heavy (non-hydrogen) atoms. The molecule has 3 heteroatoms. The number of nitrogens with two attached hydrogens (primary N) is 1. The Labute approximate surface area is 66.8 Å². The van der Waals surface area contributed by atoms with E-state index in [4.69, 9.17) is 11.0 Å². The highest BCUT2D eigenvalue weighted by atomic mass is 15.2. The maximum absolute atomic E-state index is 8.74. The van der Waals surface area contributed by atoms with Crippen molar-refractivity contribution in [3.05, 3.63) is 0 Å². The Morgan fingerprint density at radius 2 is 2.27 bits per heavy atom. The zero-order valence-electron chi connectivity index (χ0n) is 6.58. The third-order valence-electron chi connectivity index (χ3n) is 2.62. The zero-order valence-corrected chi connectivity index (χ0v) is 6.58. The second kappa shape index (κ2) is 2.20. The van der Waals surface area contributed by atoms with Gasteiger partial charge in [-0.15, -0.1) is 0 Å². The van der Waals surface area contributed by atoms with Gasteiger partial charge in [-0.2, -0.15) is 5.26 Å². The summed E-state index contributed by atoms with van der Waals surface area (Å²) in [5.74, 6) is 0. The monoisotopic (exact) mass is 151 g/mol. The summed E-state index contributed by atoms with van der Waals surface area (Å²) in [6.45, 7) is 1.81. The van der Waals surface area contributed by atoms with Crippen molar-refractivity contribution in [1.82, 2.24) is 4.90 Å². The first-order valence-electron chi connectivity index (χ1n) is 4.18. The first-order valence-corrected chi connectivity index (χ1v) is 4.18. The standard InChI is InChI=1S/C8H13N3/c9-5-8(10)3-4-11(6-8)7-1-2-7/h7H,1-4,6,10H2. The van der Waals surface area contributed by atoms with Gasteiger partial charge >= 0.3 is 0 Å². The summed E-state index contributed by atoms with van der Waals surface area (Å²) < 4.78 is 0. The lowest BCUT2D eigenvalue weighted by Crippen LogP contribution is -2.41.